The number of hydrogen-bond acceptors (Lipinski definition) is 3. The third kappa shape index (κ3) is 3.11. The van der Waals surface area contributed by atoms with E-state index in [2.05, 4.69) is 0 Å². The molecule has 1 saturated heterocycles. The molecule has 1 heterocycles. The molecule has 2 amide bonds. The normalized spacial score (nSPS) is 17.9. The van der Waals surface area contributed by atoms with Gasteiger partial charge in [-0.15, -0.1) is 0 Å². The van der Waals surface area contributed by atoms with Crippen molar-refractivity contribution in [1.82, 2.24) is 4.90 Å². The van der Waals surface area contributed by atoms with Crippen molar-refractivity contribution in [2.24, 2.45) is 0 Å². The number of aryl methyl sites for hydroxylation is 1. The van der Waals surface area contributed by atoms with Gasteiger partial charge in [-0.05, 0) is 44.2 Å². The molecule has 1 aliphatic rings. The molecule has 124 valence electrons. The minimum absolute atomic E-state index is 0.0313. The highest BCUT2D eigenvalue weighted by atomic mass is 16.3. The van der Waals surface area contributed by atoms with Crippen molar-refractivity contribution < 1.29 is 14.7 Å². The minimum atomic E-state index is -0.240. The Labute approximate surface area is 141 Å². The predicted octanol–water partition coefficient (Wildman–Crippen LogP) is 2.58. The molecule has 2 aromatic rings. The van der Waals surface area contributed by atoms with E-state index in [9.17, 15) is 14.7 Å². The van der Waals surface area contributed by atoms with Gasteiger partial charge in [-0.1, -0.05) is 23.8 Å². The highest BCUT2D eigenvalue weighted by Crippen LogP contribution is 2.22. The van der Waals surface area contributed by atoms with Gasteiger partial charge < -0.3 is 14.9 Å². The number of phenolic OH excluding ortho intramolecular Hbond substituents is 1. The number of phenols is 1. The van der Waals surface area contributed by atoms with Crippen LogP contribution in [0.15, 0.2) is 48.5 Å². The second kappa shape index (κ2) is 6.35. The standard InChI is InChI=1S/C19H20N2O3/c1-13-6-8-16(9-7-13)21-11-14(2)20(12-18(21)23)19(24)15-4-3-5-17(22)10-15/h3-10,14,22H,11-12H2,1-2H3/t14-/m0/s1. The first kappa shape index (κ1) is 16.1. The topological polar surface area (TPSA) is 60.9 Å². The van der Waals surface area contributed by atoms with Crippen LogP contribution < -0.4 is 4.90 Å². The fourth-order valence-electron chi connectivity index (χ4n) is 2.90. The molecule has 3 rings (SSSR count). The van der Waals surface area contributed by atoms with E-state index in [1.807, 2.05) is 38.1 Å². The average Bonchev–Trinajstić information content (AvgIpc) is 2.57. The molecule has 5 nitrogen and oxygen atoms in total. The first-order chi connectivity index (χ1) is 11.5. The third-order valence-corrected chi connectivity index (χ3v) is 4.29. The van der Waals surface area contributed by atoms with Crippen molar-refractivity contribution in [3.8, 4) is 5.75 Å². The molecule has 0 spiro atoms. The monoisotopic (exact) mass is 324 g/mol. The molecule has 5 heteroatoms. The zero-order valence-electron chi connectivity index (χ0n) is 13.8. The lowest BCUT2D eigenvalue weighted by atomic mass is 10.1. The summed E-state index contributed by atoms with van der Waals surface area (Å²) in [5, 5.41) is 9.55. The number of piperazine rings is 1. The maximum absolute atomic E-state index is 12.6. The molecule has 1 atom stereocenters. The lowest BCUT2D eigenvalue weighted by Crippen LogP contribution is -2.57. The molecule has 0 aromatic heterocycles. The van der Waals surface area contributed by atoms with E-state index in [4.69, 9.17) is 0 Å². The second-order valence-electron chi connectivity index (χ2n) is 6.17. The van der Waals surface area contributed by atoms with Crippen molar-refractivity contribution in [2.75, 3.05) is 18.0 Å². The predicted molar refractivity (Wildman–Crippen MR) is 92.1 cm³/mol. The molecular weight excluding hydrogens is 304 g/mol. The summed E-state index contributed by atoms with van der Waals surface area (Å²) in [6.07, 6.45) is 0. The SMILES string of the molecule is Cc1ccc(N2C[C@H](C)N(C(=O)c3cccc(O)c3)CC2=O)cc1. The zero-order chi connectivity index (χ0) is 17.3. The van der Waals surface area contributed by atoms with E-state index in [1.54, 1.807) is 21.9 Å². The number of aromatic hydroxyl groups is 1. The van der Waals surface area contributed by atoms with Gasteiger partial charge in [0.25, 0.3) is 5.91 Å². The van der Waals surface area contributed by atoms with Gasteiger partial charge in [0.2, 0.25) is 5.91 Å². The summed E-state index contributed by atoms with van der Waals surface area (Å²) in [5.74, 6) is -0.307. The lowest BCUT2D eigenvalue weighted by Gasteiger charge is -2.39. The Bertz CT molecular complexity index is 770. The van der Waals surface area contributed by atoms with Crippen LogP contribution in [-0.4, -0.2) is 41.0 Å². The Morgan fingerprint density at radius 1 is 1.17 bits per heavy atom. The smallest absolute Gasteiger partial charge is 0.254 e. The van der Waals surface area contributed by atoms with E-state index in [1.165, 1.54) is 12.1 Å². The van der Waals surface area contributed by atoms with Crippen molar-refractivity contribution >= 4 is 17.5 Å². The number of carbonyl (C=O) groups excluding carboxylic acids is 2. The van der Waals surface area contributed by atoms with E-state index in [0.717, 1.165) is 11.3 Å². The molecule has 1 N–H and O–H groups in total. The van der Waals surface area contributed by atoms with Crippen molar-refractivity contribution in [1.29, 1.82) is 0 Å². The first-order valence-electron chi connectivity index (χ1n) is 7.93. The number of carbonyl (C=O) groups is 2. The molecule has 24 heavy (non-hydrogen) atoms. The summed E-state index contributed by atoms with van der Waals surface area (Å²) in [6.45, 7) is 4.41. The van der Waals surface area contributed by atoms with Crippen LogP contribution >= 0.6 is 0 Å². The van der Waals surface area contributed by atoms with Crippen molar-refractivity contribution in [3.05, 3.63) is 59.7 Å². The van der Waals surface area contributed by atoms with Crippen LogP contribution in [0.3, 0.4) is 0 Å². The summed E-state index contributed by atoms with van der Waals surface area (Å²) in [7, 11) is 0. The number of rotatable bonds is 2. The molecule has 0 radical (unpaired) electrons. The van der Waals surface area contributed by atoms with Crippen molar-refractivity contribution in [2.45, 2.75) is 19.9 Å². The maximum atomic E-state index is 12.6. The van der Waals surface area contributed by atoms with E-state index < -0.39 is 0 Å². The molecule has 0 aliphatic carbocycles. The maximum Gasteiger partial charge on any atom is 0.254 e. The van der Waals surface area contributed by atoms with Gasteiger partial charge in [-0.25, -0.2) is 0 Å². The molecule has 0 unspecified atom stereocenters. The largest absolute Gasteiger partial charge is 0.508 e. The molecule has 1 aliphatic heterocycles. The average molecular weight is 324 g/mol. The molecule has 0 bridgehead atoms. The Morgan fingerprint density at radius 2 is 1.88 bits per heavy atom. The summed E-state index contributed by atoms with van der Waals surface area (Å²) in [4.78, 5) is 28.4. The van der Waals surface area contributed by atoms with Crippen LogP contribution in [0.25, 0.3) is 0 Å². The zero-order valence-corrected chi connectivity index (χ0v) is 13.8. The van der Waals surface area contributed by atoms with Crippen LogP contribution in [-0.2, 0) is 4.79 Å². The van der Waals surface area contributed by atoms with Gasteiger partial charge in [-0.2, -0.15) is 0 Å². The number of nitrogens with zero attached hydrogens (tertiary/aromatic N) is 2. The van der Waals surface area contributed by atoms with Gasteiger partial charge in [0.15, 0.2) is 0 Å². The summed E-state index contributed by atoms with van der Waals surface area (Å²) >= 11 is 0. The number of hydrogen-bond donors (Lipinski definition) is 1. The van der Waals surface area contributed by atoms with Crippen LogP contribution in [0.2, 0.25) is 0 Å². The Morgan fingerprint density at radius 3 is 2.54 bits per heavy atom. The second-order valence-corrected chi connectivity index (χ2v) is 6.17. The van der Waals surface area contributed by atoms with Gasteiger partial charge >= 0.3 is 0 Å². The quantitative estimate of drug-likeness (QED) is 0.923. The highest BCUT2D eigenvalue weighted by Gasteiger charge is 2.33. The third-order valence-electron chi connectivity index (χ3n) is 4.29. The van der Waals surface area contributed by atoms with Gasteiger partial charge in [0, 0.05) is 23.8 Å². The highest BCUT2D eigenvalue weighted by molar-refractivity contribution is 6.02. The van der Waals surface area contributed by atoms with Gasteiger partial charge in [-0.3, -0.25) is 9.59 Å². The van der Waals surface area contributed by atoms with Crippen LogP contribution in [0.5, 0.6) is 5.75 Å². The van der Waals surface area contributed by atoms with Crippen molar-refractivity contribution in [3.63, 3.8) is 0 Å². The van der Waals surface area contributed by atoms with Gasteiger partial charge in [0.1, 0.15) is 12.3 Å². The summed E-state index contributed by atoms with van der Waals surface area (Å²) < 4.78 is 0. The Balaban J connectivity index is 1.79. The van der Waals surface area contributed by atoms with Gasteiger partial charge in [0.05, 0.1) is 0 Å². The summed E-state index contributed by atoms with van der Waals surface area (Å²) in [6, 6.07) is 13.9. The molecule has 2 aromatic carbocycles. The fourth-order valence-corrected chi connectivity index (χ4v) is 2.90. The minimum Gasteiger partial charge on any atom is -0.508 e. The Hall–Kier alpha value is -2.82. The number of amides is 2. The lowest BCUT2D eigenvalue weighted by molar-refractivity contribution is -0.121. The molecular formula is C19H20N2O3. The van der Waals surface area contributed by atoms with Crippen LogP contribution in [0.4, 0.5) is 5.69 Å². The fraction of sp³-hybridized carbons (Fsp3) is 0.263. The summed E-state index contributed by atoms with van der Waals surface area (Å²) in [5.41, 5.74) is 2.37. The van der Waals surface area contributed by atoms with Crippen LogP contribution in [0.1, 0.15) is 22.8 Å². The number of benzene rings is 2. The molecule has 0 saturated carbocycles. The van der Waals surface area contributed by atoms with E-state index >= 15 is 0 Å². The van der Waals surface area contributed by atoms with E-state index in [0.29, 0.717) is 12.1 Å². The molecule has 1 fully saturated rings. The first-order valence-corrected chi connectivity index (χ1v) is 7.93. The van der Waals surface area contributed by atoms with Crippen LogP contribution in [0, 0.1) is 6.92 Å². The van der Waals surface area contributed by atoms with E-state index in [-0.39, 0.29) is 30.2 Å². The number of anilines is 1. The Kier molecular flexibility index (Phi) is 4.25.